The van der Waals surface area contributed by atoms with E-state index in [1.165, 1.54) is 31.2 Å². The predicted octanol–water partition coefficient (Wildman–Crippen LogP) is 8.26. The van der Waals surface area contributed by atoms with Gasteiger partial charge in [0.05, 0.1) is 0 Å². The summed E-state index contributed by atoms with van der Waals surface area (Å²) in [5.74, 6) is 1.60. The Morgan fingerprint density at radius 3 is 1.90 bits per heavy atom. The molecular weight excluding hydrogens is 368 g/mol. The number of rotatable bonds is 8. The van der Waals surface area contributed by atoms with Crippen LogP contribution in [0.5, 0.6) is 11.5 Å². The summed E-state index contributed by atoms with van der Waals surface area (Å²) in [4.78, 5) is 0. The lowest BCUT2D eigenvalue weighted by atomic mass is 9.72. The molecule has 0 fully saturated rings. The molecule has 0 saturated carbocycles. The number of aryl methyl sites for hydroxylation is 1. The van der Waals surface area contributed by atoms with Crippen molar-refractivity contribution in [3.63, 3.8) is 0 Å². The highest BCUT2D eigenvalue weighted by Gasteiger charge is 2.28. The van der Waals surface area contributed by atoms with Crippen molar-refractivity contribution in [2.24, 2.45) is 11.3 Å². The molecule has 0 amide bonds. The third-order valence-corrected chi connectivity index (χ3v) is 5.29. The first-order chi connectivity index (χ1) is 13.9. The van der Waals surface area contributed by atoms with Gasteiger partial charge >= 0.3 is 0 Å². The van der Waals surface area contributed by atoms with Gasteiger partial charge in [-0.25, -0.2) is 0 Å². The van der Waals surface area contributed by atoms with Crippen LogP contribution in [0.2, 0.25) is 0 Å². The zero-order valence-electron chi connectivity index (χ0n) is 20.3. The van der Waals surface area contributed by atoms with Crippen LogP contribution in [0.25, 0.3) is 0 Å². The number of aromatic hydroxyl groups is 2. The molecule has 0 radical (unpaired) electrons. The molecule has 30 heavy (non-hydrogen) atoms. The number of unbranched alkanes of at least 4 members (excludes halogenated alkanes) is 2. The second-order valence-electron chi connectivity index (χ2n) is 10.8. The van der Waals surface area contributed by atoms with Crippen LogP contribution in [-0.2, 0) is 11.8 Å². The van der Waals surface area contributed by atoms with E-state index >= 15 is 0 Å². The lowest BCUT2D eigenvalue weighted by Crippen LogP contribution is -2.24. The van der Waals surface area contributed by atoms with Crippen molar-refractivity contribution in [2.45, 2.75) is 92.4 Å². The summed E-state index contributed by atoms with van der Waals surface area (Å²) in [6, 6.07) is 15.2. The molecule has 0 atom stereocenters. The van der Waals surface area contributed by atoms with Crippen LogP contribution >= 0.6 is 0 Å². The Labute approximate surface area is 185 Å². The van der Waals surface area contributed by atoms with Crippen molar-refractivity contribution < 1.29 is 10.2 Å². The first-order valence-corrected chi connectivity index (χ1v) is 11.5. The van der Waals surface area contributed by atoms with Crippen LogP contribution in [0.1, 0.15) is 91.7 Å². The zero-order valence-corrected chi connectivity index (χ0v) is 20.3. The van der Waals surface area contributed by atoms with E-state index in [0.29, 0.717) is 11.5 Å². The SMILES string of the molecule is CC(C)(C)CC(C)(C)c1ccccc1O.CC(C)CCCCCc1ccc(O)cc1. The van der Waals surface area contributed by atoms with Crippen LogP contribution in [0.3, 0.4) is 0 Å². The maximum absolute atomic E-state index is 9.84. The Morgan fingerprint density at radius 1 is 0.767 bits per heavy atom. The summed E-state index contributed by atoms with van der Waals surface area (Å²) in [6.45, 7) is 15.6. The highest BCUT2D eigenvalue weighted by Crippen LogP contribution is 2.39. The molecule has 168 valence electrons. The molecular formula is C28H44O2. The average molecular weight is 413 g/mol. The molecule has 2 heteroatoms. The van der Waals surface area contributed by atoms with E-state index in [4.69, 9.17) is 5.11 Å². The molecule has 0 unspecified atom stereocenters. The van der Waals surface area contributed by atoms with Gasteiger partial charge in [0.2, 0.25) is 0 Å². The lowest BCUT2D eigenvalue weighted by molar-refractivity contribution is 0.278. The van der Waals surface area contributed by atoms with Crippen molar-refractivity contribution in [3.8, 4) is 11.5 Å². The van der Waals surface area contributed by atoms with Crippen molar-refractivity contribution in [1.29, 1.82) is 0 Å². The lowest BCUT2D eigenvalue weighted by Gasteiger charge is -2.33. The van der Waals surface area contributed by atoms with E-state index in [1.807, 2.05) is 30.3 Å². The number of phenols is 2. The van der Waals surface area contributed by atoms with Gasteiger partial charge < -0.3 is 10.2 Å². The Hall–Kier alpha value is -1.96. The summed E-state index contributed by atoms with van der Waals surface area (Å²) < 4.78 is 0. The van der Waals surface area contributed by atoms with Crippen LogP contribution in [0.4, 0.5) is 0 Å². The van der Waals surface area contributed by atoms with E-state index < -0.39 is 0 Å². The Kier molecular flexibility index (Phi) is 10.5. The fraction of sp³-hybridized carbons (Fsp3) is 0.571. The molecule has 2 aromatic carbocycles. The highest BCUT2D eigenvalue weighted by molar-refractivity contribution is 5.37. The van der Waals surface area contributed by atoms with E-state index in [0.717, 1.165) is 24.3 Å². The quantitative estimate of drug-likeness (QED) is 0.428. The summed E-state index contributed by atoms with van der Waals surface area (Å²) in [6.07, 6.45) is 7.46. The van der Waals surface area contributed by atoms with E-state index in [2.05, 4.69) is 48.5 Å². The van der Waals surface area contributed by atoms with Crippen LogP contribution in [0.15, 0.2) is 48.5 Å². The summed E-state index contributed by atoms with van der Waals surface area (Å²) in [7, 11) is 0. The van der Waals surface area contributed by atoms with Gasteiger partial charge in [-0.2, -0.15) is 0 Å². The van der Waals surface area contributed by atoms with Crippen LogP contribution < -0.4 is 0 Å². The first-order valence-electron chi connectivity index (χ1n) is 11.5. The summed E-state index contributed by atoms with van der Waals surface area (Å²) in [5, 5.41) is 19.0. The van der Waals surface area contributed by atoms with E-state index in [-0.39, 0.29) is 10.8 Å². The monoisotopic (exact) mass is 412 g/mol. The second kappa shape index (κ2) is 12.0. The van der Waals surface area contributed by atoms with Gasteiger partial charge in [0.25, 0.3) is 0 Å². The van der Waals surface area contributed by atoms with Gasteiger partial charge in [0.1, 0.15) is 11.5 Å². The topological polar surface area (TPSA) is 40.5 Å². The smallest absolute Gasteiger partial charge is 0.119 e. The minimum absolute atomic E-state index is 0.0175. The molecule has 0 bridgehead atoms. The zero-order chi connectivity index (χ0) is 22.8. The molecule has 0 aliphatic rings. The van der Waals surface area contributed by atoms with Crippen molar-refractivity contribution in [2.75, 3.05) is 0 Å². The van der Waals surface area contributed by atoms with Crippen molar-refractivity contribution in [3.05, 3.63) is 59.7 Å². The molecule has 0 saturated heterocycles. The average Bonchev–Trinajstić information content (AvgIpc) is 2.61. The fourth-order valence-corrected chi connectivity index (χ4v) is 4.19. The minimum Gasteiger partial charge on any atom is -0.508 e. The van der Waals surface area contributed by atoms with Crippen molar-refractivity contribution in [1.82, 2.24) is 0 Å². The molecule has 0 aromatic heterocycles. The number of phenolic OH excluding ortho intramolecular Hbond substituents is 2. The largest absolute Gasteiger partial charge is 0.508 e. The van der Waals surface area contributed by atoms with Gasteiger partial charge in [-0.05, 0) is 65.3 Å². The van der Waals surface area contributed by atoms with Gasteiger partial charge in [0, 0.05) is 0 Å². The Bertz CT molecular complexity index is 721. The third-order valence-electron chi connectivity index (χ3n) is 5.29. The number of para-hydroxylation sites is 1. The maximum atomic E-state index is 9.84. The molecule has 0 spiro atoms. The highest BCUT2D eigenvalue weighted by atomic mass is 16.3. The molecule has 0 aliphatic heterocycles. The molecule has 0 aliphatic carbocycles. The van der Waals surface area contributed by atoms with E-state index in [9.17, 15) is 5.11 Å². The second-order valence-corrected chi connectivity index (χ2v) is 10.8. The third kappa shape index (κ3) is 10.7. The van der Waals surface area contributed by atoms with Gasteiger partial charge in [-0.3, -0.25) is 0 Å². The van der Waals surface area contributed by atoms with E-state index in [1.54, 1.807) is 18.2 Å². The Morgan fingerprint density at radius 2 is 1.37 bits per heavy atom. The Balaban J connectivity index is 0.000000300. The van der Waals surface area contributed by atoms with Crippen molar-refractivity contribution >= 4 is 0 Å². The van der Waals surface area contributed by atoms with Gasteiger partial charge in [0.15, 0.2) is 0 Å². The first kappa shape index (κ1) is 26.1. The molecule has 0 heterocycles. The van der Waals surface area contributed by atoms with Crippen LogP contribution in [0, 0.1) is 11.3 Å². The van der Waals surface area contributed by atoms with Crippen LogP contribution in [-0.4, -0.2) is 10.2 Å². The minimum atomic E-state index is 0.0175. The normalized spacial score (nSPS) is 11.9. The standard InChI is InChI=1S/2C14H22O/c1-13(2,3)10-14(4,5)11-8-6-7-9-12(11)15;1-12(2)6-4-3-5-7-13-8-10-14(15)11-9-13/h6-9,15H,10H2,1-5H3;8-12,15H,3-7H2,1-2H3. The molecule has 2 N–H and O–H groups in total. The summed E-state index contributed by atoms with van der Waals surface area (Å²) in [5.41, 5.74) is 2.66. The van der Waals surface area contributed by atoms with Gasteiger partial charge in [-0.1, -0.05) is 98.1 Å². The fourth-order valence-electron chi connectivity index (χ4n) is 4.19. The molecule has 2 aromatic rings. The number of benzene rings is 2. The number of hydrogen-bond donors (Lipinski definition) is 2. The van der Waals surface area contributed by atoms with Gasteiger partial charge in [-0.15, -0.1) is 0 Å². The predicted molar refractivity (Wildman–Crippen MR) is 130 cm³/mol. The molecule has 2 rings (SSSR count). The maximum Gasteiger partial charge on any atom is 0.119 e. The molecule has 2 nitrogen and oxygen atoms in total. The summed E-state index contributed by atoms with van der Waals surface area (Å²) >= 11 is 0. The number of hydrogen-bond acceptors (Lipinski definition) is 2.